The average Bonchev–Trinajstić information content (AvgIpc) is 3.53. The van der Waals surface area contributed by atoms with Crippen LogP contribution in [0.2, 0.25) is 0 Å². The molecule has 5 N–H and O–H groups in total. The molecule has 3 aromatic carbocycles. The molecule has 1 aliphatic rings. The number of anilines is 2. The number of aryl methyl sites for hydroxylation is 1. The molecule has 0 aliphatic carbocycles. The first-order valence-electron chi connectivity index (χ1n) is 16.0. The van der Waals surface area contributed by atoms with Crippen LogP contribution in [0.5, 0.6) is 11.5 Å². The summed E-state index contributed by atoms with van der Waals surface area (Å²) in [5.74, 6) is 1.11. The molecule has 47 heavy (non-hydrogen) atoms. The number of carbonyl (C=O) groups excluding carboxylic acids is 3. The van der Waals surface area contributed by atoms with Crippen LogP contribution in [0.4, 0.5) is 11.4 Å². The van der Waals surface area contributed by atoms with Crippen LogP contribution < -0.4 is 30.7 Å². The monoisotopic (exact) mass is 641 g/mol. The minimum atomic E-state index is -0.368. The molecular formula is C35H43N7O5. The van der Waals surface area contributed by atoms with Crippen LogP contribution in [-0.2, 0) is 11.3 Å². The summed E-state index contributed by atoms with van der Waals surface area (Å²) in [5, 5.41) is 6.15. The number of H-pyrrole nitrogens is 1. The molecule has 1 saturated heterocycles. The summed E-state index contributed by atoms with van der Waals surface area (Å²) < 4.78 is 11.7. The third-order valence-electron chi connectivity index (χ3n) is 8.24. The SMILES string of the molecule is COc1cc(C(=O)N(C)c2ccc(C)cc2OCCCCCC(=O)N2CCNCC2)ccc1NC(=O)c1cccc2[nH]c(CN)nc12. The molecule has 0 bridgehead atoms. The molecule has 1 aliphatic heterocycles. The quantitative estimate of drug-likeness (QED) is 0.158. The number of para-hydroxylation sites is 1. The van der Waals surface area contributed by atoms with Crippen molar-refractivity contribution in [3.8, 4) is 11.5 Å². The normalized spacial score (nSPS) is 13.0. The Kier molecular flexibility index (Phi) is 11.1. The van der Waals surface area contributed by atoms with Crippen LogP contribution >= 0.6 is 0 Å². The lowest BCUT2D eigenvalue weighted by Gasteiger charge is -2.27. The van der Waals surface area contributed by atoms with Gasteiger partial charge in [-0.25, -0.2) is 4.98 Å². The summed E-state index contributed by atoms with van der Waals surface area (Å²) in [7, 11) is 3.18. The molecular weight excluding hydrogens is 598 g/mol. The highest BCUT2D eigenvalue weighted by molar-refractivity contribution is 6.12. The van der Waals surface area contributed by atoms with Crippen LogP contribution in [0.25, 0.3) is 11.0 Å². The zero-order valence-electron chi connectivity index (χ0n) is 27.2. The van der Waals surface area contributed by atoms with E-state index < -0.39 is 0 Å². The zero-order chi connectivity index (χ0) is 33.3. The number of hydrogen-bond acceptors (Lipinski definition) is 8. The van der Waals surface area contributed by atoms with Gasteiger partial charge in [-0.1, -0.05) is 12.1 Å². The second-order valence-corrected chi connectivity index (χ2v) is 11.6. The van der Waals surface area contributed by atoms with Crippen molar-refractivity contribution in [3.05, 3.63) is 77.1 Å². The first kappa shape index (κ1) is 33.4. The molecule has 3 amide bonds. The molecule has 0 unspecified atom stereocenters. The summed E-state index contributed by atoms with van der Waals surface area (Å²) >= 11 is 0. The van der Waals surface area contributed by atoms with Gasteiger partial charge >= 0.3 is 0 Å². The lowest BCUT2D eigenvalue weighted by Crippen LogP contribution is -2.46. The van der Waals surface area contributed by atoms with Gasteiger partial charge in [-0.15, -0.1) is 0 Å². The van der Waals surface area contributed by atoms with Gasteiger partial charge in [-0.3, -0.25) is 14.4 Å². The fourth-order valence-electron chi connectivity index (χ4n) is 5.61. The first-order chi connectivity index (χ1) is 22.8. The molecule has 4 aromatic rings. The van der Waals surface area contributed by atoms with Gasteiger partial charge in [0.15, 0.2) is 0 Å². The van der Waals surface area contributed by atoms with Crippen LogP contribution in [0.15, 0.2) is 54.6 Å². The molecule has 0 saturated carbocycles. The number of nitrogens with two attached hydrogens (primary N) is 1. The van der Waals surface area contributed by atoms with Gasteiger partial charge < -0.3 is 40.6 Å². The maximum Gasteiger partial charge on any atom is 0.258 e. The number of rotatable bonds is 13. The van der Waals surface area contributed by atoms with Gasteiger partial charge in [0, 0.05) is 45.2 Å². The van der Waals surface area contributed by atoms with E-state index in [0.717, 1.165) is 51.0 Å². The number of methoxy groups -OCH3 is 1. The van der Waals surface area contributed by atoms with Gasteiger partial charge in [-0.2, -0.15) is 0 Å². The average molecular weight is 642 g/mol. The predicted octanol–water partition coefficient (Wildman–Crippen LogP) is 4.24. The third-order valence-corrected chi connectivity index (χ3v) is 8.24. The second-order valence-electron chi connectivity index (χ2n) is 11.6. The van der Waals surface area contributed by atoms with E-state index in [2.05, 4.69) is 20.6 Å². The molecule has 12 nitrogen and oxygen atoms in total. The van der Waals surface area contributed by atoms with Crippen LogP contribution in [0.3, 0.4) is 0 Å². The van der Waals surface area contributed by atoms with Crippen molar-refractivity contribution in [2.45, 2.75) is 39.2 Å². The summed E-state index contributed by atoms with van der Waals surface area (Å²) in [5.41, 5.74) is 9.78. The molecule has 0 atom stereocenters. The van der Waals surface area contributed by atoms with Gasteiger partial charge in [0.1, 0.15) is 22.8 Å². The number of fused-ring (bicyclic) bond motifs is 1. The van der Waals surface area contributed by atoms with E-state index in [4.69, 9.17) is 15.2 Å². The Morgan fingerprint density at radius 1 is 1.02 bits per heavy atom. The second kappa shape index (κ2) is 15.6. The Morgan fingerprint density at radius 2 is 1.83 bits per heavy atom. The Bertz CT molecular complexity index is 1730. The van der Waals surface area contributed by atoms with Crippen molar-refractivity contribution in [2.24, 2.45) is 5.73 Å². The van der Waals surface area contributed by atoms with Crippen molar-refractivity contribution >= 4 is 40.1 Å². The number of hydrogen-bond donors (Lipinski definition) is 4. The molecule has 0 radical (unpaired) electrons. The molecule has 1 aromatic heterocycles. The van der Waals surface area contributed by atoms with Gasteiger partial charge in [0.25, 0.3) is 11.8 Å². The maximum absolute atomic E-state index is 13.7. The van der Waals surface area contributed by atoms with Crippen molar-refractivity contribution in [1.29, 1.82) is 0 Å². The number of aromatic nitrogens is 2. The fraction of sp³-hybridized carbons (Fsp3) is 0.371. The van der Waals surface area contributed by atoms with E-state index in [1.807, 2.05) is 36.1 Å². The topological polar surface area (TPSA) is 155 Å². The third kappa shape index (κ3) is 8.08. The number of amides is 3. The molecule has 12 heteroatoms. The van der Waals surface area contributed by atoms with Crippen LogP contribution in [0, 0.1) is 6.92 Å². The number of nitrogens with zero attached hydrogens (tertiary/aromatic N) is 3. The number of unbranched alkanes of at least 4 members (excludes halogenated alkanes) is 2. The molecule has 1 fully saturated rings. The summed E-state index contributed by atoms with van der Waals surface area (Å²) in [4.78, 5) is 50.3. The summed E-state index contributed by atoms with van der Waals surface area (Å²) in [6.45, 7) is 5.94. The molecule has 0 spiro atoms. The minimum Gasteiger partial charge on any atom is -0.495 e. The molecule has 5 rings (SSSR count). The summed E-state index contributed by atoms with van der Waals surface area (Å²) in [6, 6.07) is 15.9. The van der Waals surface area contributed by atoms with Crippen molar-refractivity contribution in [1.82, 2.24) is 20.2 Å². The van der Waals surface area contributed by atoms with E-state index in [9.17, 15) is 14.4 Å². The molecule has 2 heterocycles. The first-order valence-corrected chi connectivity index (χ1v) is 16.0. The van der Waals surface area contributed by atoms with E-state index in [1.54, 1.807) is 42.3 Å². The van der Waals surface area contributed by atoms with Crippen LogP contribution in [0.1, 0.15) is 57.8 Å². The maximum atomic E-state index is 13.7. The number of aromatic amines is 1. The lowest BCUT2D eigenvalue weighted by molar-refractivity contribution is -0.131. The standard InChI is InChI=1S/C35H43N7O5/c1-23-11-14-28(30(20-23)47-19-6-4-5-10-32(43)42-17-15-37-16-18-42)41(2)35(45)24-12-13-26(29(21-24)46-3)39-34(44)25-8-7-9-27-33(25)40-31(22-36)38-27/h7-9,11-14,20-21,37H,4-6,10,15-19,22,36H2,1-3H3,(H,38,40)(H,39,44). The Morgan fingerprint density at radius 3 is 2.60 bits per heavy atom. The van der Waals surface area contributed by atoms with E-state index in [-0.39, 0.29) is 24.3 Å². The predicted molar refractivity (Wildman–Crippen MR) is 182 cm³/mol. The van der Waals surface area contributed by atoms with E-state index >= 15 is 0 Å². The Hall–Kier alpha value is -4.94. The Balaban J connectivity index is 1.21. The van der Waals surface area contributed by atoms with Gasteiger partial charge in [-0.05, 0) is 74.2 Å². The highest BCUT2D eigenvalue weighted by Gasteiger charge is 2.21. The van der Waals surface area contributed by atoms with Gasteiger partial charge in [0.05, 0.1) is 42.7 Å². The summed E-state index contributed by atoms with van der Waals surface area (Å²) in [6.07, 6.45) is 3.04. The van der Waals surface area contributed by atoms with Crippen LogP contribution in [-0.4, -0.2) is 79.5 Å². The van der Waals surface area contributed by atoms with E-state index in [1.165, 1.54) is 7.11 Å². The van der Waals surface area contributed by atoms with E-state index in [0.29, 0.717) is 63.9 Å². The number of imidazole rings is 1. The smallest absolute Gasteiger partial charge is 0.258 e. The number of ether oxygens (including phenoxy) is 2. The van der Waals surface area contributed by atoms with Gasteiger partial charge in [0.2, 0.25) is 5.91 Å². The number of benzene rings is 3. The number of piperazine rings is 1. The van der Waals surface area contributed by atoms with Crippen molar-refractivity contribution < 1.29 is 23.9 Å². The Labute approximate surface area is 274 Å². The fourth-order valence-corrected chi connectivity index (χ4v) is 5.61. The highest BCUT2D eigenvalue weighted by atomic mass is 16.5. The minimum absolute atomic E-state index is 0.216. The van der Waals surface area contributed by atoms with Crippen molar-refractivity contribution in [2.75, 3.05) is 57.2 Å². The highest BCUT2D eigenvalue weighted by Crippen LogP contribution is 2.32. The largest absolute Gasteiger partial charge is 0.495 e. The molecule has 248 valence electrons. The number of nitrogens with one attached hydrogen (secondary N) is 3. The lowest BCUT2D eigenvalue weighted by atomic mass is 10.1. The van der Waals surface area contributed by atoms with Crippen molar-refractivity contribution in [3.63, 3.8) is 0 Å². The zero-order valence-corrected chi connectivity index (χ0v) is 27.2. The number of carbonyl (C=O) groups is 3.